The van der Waals surface area contributed by atoms with E-state index in [-0.39, 0.29) is 16.4 Å². The molecule has 0 bridgehead atoms. The molecule has 0 saturated carbocycles. The first-order chi connectivity index (χ1) is 9.31. The molecule has 0 aliphatic rings. The third-order valence-electron chi connectivity index (χ3n) is 3.00. The predicted octanol–water partition coefficient (Wildman–Crippen LogP) is 0.438. The molecule has 0 radical (unpaired) electrons. The Bertz CT molecular complexity index is 711. The van der Waals surface area contributed by atoms with Crippen molar-refractivity contribution in [3.05, 3.63) is 29.1 Å². The van der Waals surface area contributed by atoms with Gasteiger partial charge < -0.3 is 5.73 Å². The lowest BCUT2D eigenvalue weighted by Gasteiger charge is -2.14. The average Bonchev–Trinajstić information content (AvgIpc) is 2.86. The van der Waals surface area contributed by atoms with Crippen LogP contribution >= 0.6 is 0 Å². The molecule has 1 heterocycles. The quantitative estimate of drug-likeness (QED) is 0.702. The second-order valence-electron chi connectivity index (χ2n) is 4.59. The van der Waals surface area contributed by atoms with Crippen molar-refractivity contribution in [3.8, 4) is 0 Å². The van der Waals surface area contributed by atoms with Gasteiger partial charge in [0.15, 0.2) is 5.82 Å². The van der Waals surface area contributed by atoms with Gasteiger partial charge in [0, 0.05) is 0 Å². The molecule has 1 atom stereocenters. The summed E-state index contributed by atoms with van der Waals surface area (Å²) in [6.07, 6.45) is 0. The Morgan fingerprint density at radius 1 is 1.30 bits per heavy atom. The van der Waals surface area contributed by atoms with Crippen LogP contribution in [0.5, 0.6) is 0 Å². The van der Waals surface area contributed by atoms with Crippen molar-refractivity contribution in [2.45, 2.75) is 31.7 Å². The maximum absolute atomic E-state index is 12.3. The van der Waals surface area contributed by atoms with Crippen molar-refractivity contribution >= 4 is 15.7 Å². The maximum Gasteiger partial charge on any atom is 0.243 e. The summed E-state index contributed by atoms with van der Waals surface area (Å²) >= 11 is 0. The lowest BCUT2D eigenvalue weighted by molar-refractivity contribution is 0.560. The molecule has 4 N–H and O–H groups in total. The average molecular weight is 296 g/mol. The van der Waals surface area contributed by atoms with Gasteiger partial charge in [-0.15, -0.1) is 10.2 Å². The highest BCUT2D eigenvalue weighted by Gasteiger charge is 2.23. The van der Waals surface area contributed by atoms with E-state index in [4.69, 9.17) is 5.73 Å². The van der Waals surface area contributed by atoms with E-state index < -0.39 is 16.1 Å². The van der Waals surface area contributed by atoms with Gasteiger partial charge in [0.1, 0.15) is 4.90 Å². The molecule has 2 aromatic rings. The molecule has 108 valence electrons. The summed E-state index contributed by atoms with van der Waals surface area (Å²) in [7, 11) is -3.75. The van der Waals surface area contributed by atoms with Gasteiger partial charge in [0.25, 0.3) is 0 Å². The Kier molecular flexibility index (Phi) is 3.73. The number of sulfonamides is 1. The first kappa shape index (κ1) is 14.4. The SMILES string of the molecule is Cc1cc(N)c(S(=O)(=O)NC(C)c2nn[nH]n2)cc1C. The normalized spacial score (nSPS) is 13.3. The van der Waals surface area contributed by atoms with Gasteiger partial charge in [-0.2, -0.15) is 5.21 Å². The summed E-state index contributed by atoms with van der Waals surface area (Å²) in [6, 6.07) is 2.58. The van der Waals surface area contributed by atoms with E-state index in [0.717, 1.165) is 11.1 Å². The number of nitrogens with one attached hydrogen (secondary N) is 2. The number of H-pyrrole nitrogens is 1. The topological polar surface area (TPSA) is 127 Å². The van der Waals surface area contributed by atoms with E-state index in [1.807, 2.05) is 13.8 Å². The van der Waals surface area contributed by atoms with Gasteiger partial charge in [0.05, 0.1) is 11.7 Å². The number of hydrogen-bond donors (Lipinski definition) is 3. The summed E-state index contributed by atoms with van der Waals surface area (Å²) in [4.78, 5) is 0.0518. The van der Waals surface area contributed by atoms with Crippen LogP contribution in [0.4, 0.5) is 5.69 Å². The van der Waals surface area contributed by atoms with Crippen LogP contribution < -0.4 is 10.5 Å². The van der Waals surface area contributed by atoms with Crippen molar-refractivity contribution in [1.29, 1.82) is 0 Å². The Labute approximate surface area is 116 Å². The van der Waals surface area contributed by atoms with Gasteiger partial charge in [-0.1, -0.05) is 5.21 Å². The van der Waals surface area contributed by atoms with Crippen LogP contribution in [-0.2, 0) is 10.0 Å². The van der Waals surface area contributed by atoms with E-state index in [1.165, 1.54) is 0 Å². The third-order valence-corrected chi connectivity index (χ3v) is 4.59. The molecule has 1 aromatic heterocycles. The fourth-order valence-electron chi connectivity index (χ4n) is 1.75. The van der Waals surface area contributed by atoms with Crippen LogP contribution in [-0.4, -0.2) is 29.0 Å². The third kappa shape index (κ3) is 2.78. The summed E-state index contributed by atoms with van der Waals surface area (Å²) < 4.78 is 27.2. The summed E-state index contributed by atoms with van der Waals surface area (Å²) in [5.74, 6) is 0.260. The molecule has 0 fully saturated rings. The van der Waals surface area contributed by atoms with Crippen molar-refractivity contribution < 1.29 is 8.42 Å². The molecule has 8 nitrogen and oxygen atoms in total. The first-order valence-electron chi connectivity index (χ1n) is 5.93. The highest BCUT2D eigenvalue weighted by Crippen LogP contribution is 2.23. The zero-order chi connectivity index (χ0) is 14.9. The summed E-state index contributed by atoms with van der Waals surface area (Å²) in [6.45, 7) is 5.33. The number of tetrazole rings is 1. The van der Waals surface area contributed by atoms with E-state index in [2.05, 4.69) is 25.3 Å². The lowest BCUT2D eigenvalue weighted by atomic mass is 10.1. The van der Waals surface area contributed by atoms with Crippen LogP contribution in [0.3, 0.4) is 0 Å². The van der Waals surface area contributed by atoms with Crippen molar-refractivity contribution in [2.75, 3.05) is 5.73 Å². The molecule has 0 spiro atoms. The minimum Gasteiger partial charge on any atom is -0.398 e. The number of aromatic nitrogens is 4. The van der Waals surface area contributed by atoms with Gasteiger partial charge in [0.2, 0.25) is 10.0 Å². The van der Waals surface area contributed by atoms with Crippen LogP contribution in [0.15, 0.2) is 17.0 Å². The number of hydrogen-bond acceptors (Lipinski definition) is 6. The number of nitrogens with two attached hydrogens (primary N) is 1. The van der Waals surface area contributed by atoms with Crippen molar-refractivity contribution in [3.63, 3.8) is 0 Å². The lowest BCUT2D eigenvalue weighted by Crippen LogP contribution is -2.28. The second-order valence-corrected chi connectivity index (χ2v) is 6.27. The smallest absolute Gasteiger partial charge is 0.243 e. The molecule has 1 unspecified atom stereocenters. The Balaban J connectivity index is 2.34. The zero-order valence-electron chi connectivity index (χ0n) is 11.4. The summed E-state index contributed by atoms with van der Waals surface area (Å²) in [5, 5.41) is 13.2. The number of benzene rings is 1. The molecule has 9 heteroatoms. The predicted molar refractivity (Wildman–Crippen MR) is 73.2 cm³/mol. The highest BCUT2D eigenvalue weighted by molar-refractivity contribution is 7.89. The van der Waals surface area contributed by atoms with Crippen LogP contribution in [0.2, 0.25) is 0 Å². The van der Waals surface area contributed by atoms with E-state index in [9.17, 15) is 8.42 Å². The van der Waals surface area contributed by atoms with Gasteiger partial charge in [-0.05, 0) is 44.0 Å². The Hall–Kier alpha value is -2.00. The Morgan fingerprint density at radius 2 is 1.95 bits per heavy atom. The van der Waals surface area contributed by atoms with Gasteiger partial charge in [-0.3, -0.25) is 0 Å². The molecular weight excluding hydrogens is 280 g/mol. The largest absolute Gasteiger partial charge is 0.398 e. The molecule has 2 rings (SSSR count). The first-order valence-corrected chi connectivity index (χ1v) is 7.42. The van der Waals surface area contributed by atoms with Crippen LogP contribution in [0.25, 0.3) is 0 Å². The highest BCUT2D eigenvalue weighted by atomic mass is 32.2. The molecular formula is C11H16N6O2S. The monoisotopic (exact) mass is 296 g/mol. The number of nitrogens with zero attached hydrogens (tertiary/aromatic N) is 3. The fraction of sp³-hybridized carbons (Fsp3) is 0.364. The molecule has 0 aliphatic heterocycles. The standard InChI is InChI=1S/C11H16N6O2S/c1-6-4-9(12)10(5-7(6)2)20(18,19)15-8(3)11-13-16-17-14-11/h4-5,8,15H,12H2,1-3H3,(H,13,14,16,17). The molecule has 0 aliphatic carbocycles. The molecule has 0 amide bonds. The van der Waals surface area contributed by atoms with Gasteiger partial charge >= 0.3 is 0 Å². The van der Waals surface area contributed by atoms with E-state index in [0.29, 0.717) is 0 Å². The molecule has 0 saturated heterocycles. The molecule has 1 aromatic carbocycles. The van der Waals surface area contributed by atoms with E-state index in [1.54, 1.807) is 19.1 Å². The van der Waals surface area contributed by atoms with E-state index >= 15 is 0 Å². The maximum atomic E-state index is 12.3. The minimum atomic E-state index is -3.75. The number of anilines is 1. The number of aryl methyl sites for hydroxylation is 2. The Morgan fingerprint density at radius 3 is 2.55 bits per heavy atom. The number of rotatable bonds is 4. The second kappa shape index (κ2) is 5.17. The van der Waals surface area contributed by atoms with Crippen molar-refractivity contribution in [2.24, 2.45) is 0 Å². The van der Waals surface area contributed by atoms with Gasteiger partial charge in [-0.25, -0.2) is 13.1 Å². The fourth-order valence-corrected chi connectivity index (χ4v) is 3.15. The van der Waals surface area contributed by atoms with Crippen molar-refractivity contribution in [1.82, 2.24) is 25.3 Å². The van der Waals surface area contributed by atoms with Crippen LogP contribution in [0, 0.1) is 13.8 Å². The number of aromatic amines is 1. The molecule has 20 heavy (non-hydrogen) atoms. The summed E-state index contributed by atoms with van der Waals surface area (Å²) in [5.41, 5.74) is 7.80. The van der Waals surface area contributed by atoms with Crippen LogP contribution in [0.1, 0.15) is 29.9 Å². The number of nitrogen functional groups attached to an aromatic ring is 1. The zero-order valence-corrected chi connectivity index (χ0v) is 12.2. The minimum absolute atomic E-state index is 0.0518.